The lowest BCUT2D eigenvalue weighted by molar-refractivity contribution is 0.0727. The summed E-state index contributed by atoms with van der Waals surface area (Å²) in [5.41, 5.74) is 0.830. The van der Waals surface area contributed by atoms with Gasteiger partial charge >= 0.3 is 0 Å². The number of anilines is 1. The number of nitrogens with one attached hydrogen (secondary N) is 1. The van der Waals surface area contributed by atoms with Crippen LogP contribution in [0.4, 0.5) is 5.69 Å². The molecule has 0 aliphatic carbocycles. The van der Waals surface area contributed by atoms with Gasteiger partial charge in [-0.2, -0.15) is 0 Å². The molecule has 1 unspecified atom stereocenters. The van der Waals surface area contributed by atoms with E-state index in [-0.39, 0.29) is 0 Å². The van der Waals surface area contributed by atoms with Crippen LogP contribution in [-0.4, -0.2) is 45.7 Å². The molecule has 5 nitrogen and oxygen atoms in total. The molecule has 17 heavy (non-hydrogen) atoms. The second kappa shape index (κ2) is 6.98. The largest absolute Gasteiger partial charge is 0.497 e. The van der Waals surface area contributed by atoms with Crippen molar-refractivity contribution in [1.29, 1.82) is 0 Å². The normalized spacial score (nSPS) is 12.0. The van der Waals surface area contributed by atoms with Gasteiger partial charge < -0.3 is 24.6 Å². The lowest BCUT2D eigenvalue weighted by atomic mass is 10.2. The number of methoxy groups -OCH3 is 3. The molecule has 0 aliphatic heterocycles. The Morgan fingerprint density at radius 1 is 1.12 bits per heavy atom. The molecule has 1 aromatic carbocycles. The van der Waals surface area contributed by atoms with E-state index in [1.807, 2.05) is 12.1 Å². The molecule has 5 heteroatoms. The van der Waals surface area contributed by atoms with Crippen LogP contribution in [0.3, 0.4) is 0 Å². The van der Waals surface area contributed by atoms with Gasteiger partial charge in [-0.15, -0.1) is 0 Å². The van der Waals surface area contributed by atoms with Crippen LogP contribution in [0.1, 0.15) is 0 Å². The smallest absolute Gasteiger partial charge is 0.124 e. The van der Waals surface area contributed by atoms with E-state index in [1.54, 1.807) is 27.4 Å². The molecule has 0 saturated carbocycles. The molecule has 0 heterocycles. The van der Waals surface area contributed by atoms with Crippen molar-refractivity contribution in [1.82, 2.24) is 0 Å². The van der Waals surface area contributed by atoms with Gasteiger partial charge in [-0.3, -0.25) is 0 Å². The molecule has 0 bridgehead atoms. The van der Waals surface area contributed by atoms with E-state index in [1.165, 1.54) is 0 Å². The van der Waals surface area contributed by atoms with Crippen LogP contribution in [0.2, 0.25) is 0 Å². The lowest BCUT2D eigenvalue weighted by Crippen LogP contribution is -2.24. The average molecular weight is 241 g/mol. The molecule has 1 atom stereocenters. The Hall–Kier alpha value is -1.46. The van der Waals surface area contributed by atoms with Gasteiger partial charge in [0.1, 0.15) is 11.5 Å². The number of ether oxygens (including phenoxy) is 3. The Bertz CT molecular complexity index is 321. The fraction of sp³-hybridized carbons (Fsp3) is 0.500. The summed E-state index contributed by atoms with van der Waals surface area (Å²) in [5.74, 6) is 1.40. The Kier molecular flexibility index (Phi) is 5.59. The Labute approximate surface area is 101 Å². The maximum absolute atomic E-state index is 9.51. The maximum atomic E-state index is 9.51. The first kappa shape index (κ1) is 13.6. The molecular weight excluding hydrogens is 222 g/mol. The van der Waals surface area contributed by atoms with E-state index >= 15 is 0 Å². The van der Waals surface area contributed by atoms with E-state index in [0.717, 1.165) is 5.69 Å². The zero-order chi connectivity index (χ0) is 12.7. The summed E-state index contributed by atoms with van der Waals surface area (Å²) in [5, 5.41) is 12.6. The van der Waals surface area contributed by atoms with Gasteiger partial charge in [0.15, 0.2) is 0 Å². The van der Waals surface area contributed by atoms with E-state index in [4.69, 9.17) is 14.2 Å². The molecule has 2 N–H and O–H groups in total. The van der Waals surface area contributed by atoms with Crippen LogP contribution >= 0.6 is 0 Å². The van der Waals surface area contributed by atoms with E-state index < -0.39 is 6.10 Å². The van der Waals surface area contributed by atoms with Gasteiger partial charge in [0.25, 0.3) is 0 Å². The molecule has 0 spiro atoms. The monoisotopic (exact) mass is 241 g/mol. The highest BCUT2D eigenvalue weighted by molar-refractivity contribution is 5.53. The third-order valence-corrected chi connectivity index (χ3v) is 2.25. The van der Waals surface area contributed by atoms with E-state index in [9.17, 15) is 5.11 Å². The van der Waals surface area contributed by atoms with Gasteiger partial charge in [0, 0.05) is 37.5 Å². The zero-order valence-corrected chi connectivity index (χ0v) is 10.4. The second-order valence-electron chi connectivity index (χ2n) is 3.59. The molecule has 0 aliphatic rings. The van der Waals surface area contributed by atoms with Crippen molar-refractivity contribution in [3.63, 3.8) is 0 Å². The minimum absolute atomic E-state index is 0.300. The molecule has 0 aromatic heterocycles. The minimum Gasteiger partial charge on any atom is -0.497 e. The predicted octanol–water partition coefficient (Wildman–Crippen LogP) is 1.12. The van der Waals surface area contributed by atoms with Crippen LogP contribution in [0.15, 0.2) is 18.2 Å². The summed E-state index contributed by atoms with van der Waals surface area (Å²) >= 11 is 0. The van der Waals surface area contributed by atoms with Crippen molar-refractivity contribution in [2.45, 2.75) is 6.10 Å². The van der Waals surface area contributed by atoms with Crippen molar-refractivity contribution in [3.05, 3.63) is 18.2 Å². The van der Waals surface area contributed by atoms with Gasteiger partial charge in [-0.25, -0.2) is 0 Å². The summed E-state index contributed by atoms with van der Waals surface area (Å²) in [6.07, 6.45) is -0.544. The highest BCUT2D eigenvalue weighted by Crippen LogP contribution is 2.25. The predicted molar refractivity (Wildman–Crippen MR) is 65.9 cm³/mol. The molecule has 96 valence electrons. The number of aliphatic hydroxyl groups excluding tert-OH is 1. The SMILES string of the molecule is COCC(O)CNc1cc(OC)cc(OC)c1. The van der Waals surface area contributed by atoms with Gasteiger partial charge in [-0.05, 0) is 0 Å². The quantitative estimate of drug-likeness (QED) is 0.749. The first-order valence-corrected chi connectivity index (χ1v) is 5.33. The number of aliphatic hydroxyl groups is 1. The zero-order valence-electron chi connectivity index (χ0n) is 10.4. The number of benzene rings is 1. The van der Waals surface area contributed by atoms with Crippen molar-refractivity contribution < 1.29 is 19.3 Å². The summed E-state index contributed by atoms with van der Waals surface area (Å²) in [7, 11) is 4.74. The highest BCUT2D eigenvalue weighted by Gasteiger charge is 2.05. The van der Waals surface area contributed by atoms with Crippen molar-refractivity contribution >= 4 is 5.69 Å². The highest BCUT2D eigenvalue weighted by atomic mass is 16.5. The molecule has 0 saturated heterocycles. The molecule has 1 aromatic rings. The van der Waals surface area contributed by atoms with Crippen molar-refractivity contribution in [2.24, 2.45) is 0 Å². The third-order valence-electron chi connectivity index (χ3n) is 2.25. The van der Waals surface area contributed by atoms with Gasteiger partial charge in [0.2, 0.25) is 0 Å². The first-order chi connectivity index (χ1) is 8.19. The van der Waals surface area contributed by atoms with Gasteiger partial charge in [-0.1, -0.05) is 0 Å². The lowest BCUT2D eigenvalue weighted by Gasteiger charge is -2.13. The molecule has 0 radical (unpaired) electrons. The number of hydrogen-bond donors (Lipinski definition) is 2. The fourth-order valence-corrected chi connectivity index (χ4v) is 1.40. The van der Waals surface area contributed by atoms with Crippen LogP contribution in [0, 0.1) is 0 Å². The maximum Gasteiger partial charge on any atom is 0.124 e. The molecule has 0 amide bonds. The van der Waals surface area contributed by atoms with Crippen LogP contribution in [-0.2, 0) is 4.74 Å². The Morgan fingerprint density at radius 2 is 1.71 bits per heavy atom. The molecule has 1 rings (SSSR count). The fourth-order valence-electron chi connectivity index (χ4n) is 1.40. The summed E-state index contributed by atoms with van der Waals surface area (Å²) in [6, 6.07) is 5.46. The van der Waals surface area contributed by atoms with Crippen LogP contribution < -0.4 is 14.8 Å². The number of hydrogen-bond acceptors (Lipinski definition) is 5. The first-order valence-electron chi connectivity index (χ1n) is 5.33. The van der Waals surface area contributed by atoms with Crippen LogP contribution in [0.25, 0.3) is 0 Å². The van der Waals surface area contributed by atoms with Crippen molar-refractivity contribution in [2.75, 3.05) is 39.8 Å². The Balaban J connectivity index is 2.63. The minimum atomic E-state index is -0.544. The summed E-state index contributed by atoms with van der Waals surface area (Å²) in [6.45, 7) is 0.707. The average Bonchev–Trinajstić information content (AvgIpc) is 2.36. The third kappa shape index (κ3) is 4.50. The topological polar surface area (TPSA) is 60.0 Å². The number of rotatable bonds is 7. The second-order valence-corrected chi connectivity index (χ2v) is 3.59. The van der Waals surface area contributed by atoms with E-state index in [2.05, 4.69) is 5.32 Å². The van der Waals surface area contributed by atoms with Crippen LogP contribution in [0.5, 0.6) is 11.5 Å². The molecule has 0 fully saturated rings. The van der Waals surface area contributed by atoms with E-state index in [0.29, 0.717) is 24.7 Å². The molecular formula is C12H19NO4. The van der Waals surface area contributed by atoms with Crippen molar-refractivity contribution in [3.8, 4) is 11.5 Å². The summed E-state index contributed by atoms with van der Waals surface area (Å²) < 4.78 is 15.1. The standard InChI is InChI=1S/C12H19NO4/c1-15-8-10(14)7-13-9-4-11(16-2)6-12(5-9)17-3/h4-6,10,13-14H,7-8H2,1-3H3. The summed E-state index contributed by atoms with van der Waals surface area (Å²) in [4.78, 5) is 0. The Morgan fingerprint density at radius 3 is 2.18 bits per heavy atom. The van der Waals surface area contributed by atoms with Gasteiger partial charge in [0.05, 0.1) is 26.9 Å².